The molecule has 61 heavy (non-hydrogen) atoms. The minimum atomic E-state index is -5.11. The van der Waals surface area contributed by atoms with E-state index >= 15 is 0 Å². The molecular weight excluding hydrogens is 859 g/mol. The molecule has 0 aromatic heterocycles. The van der Waals surface area contributed by atoms with Crippen LogP contribution in [0.4, 0.5) is 0 Å². The molecule has 0 saturated heterocycles. The molecule has 0 aliphatic heterocycles. The molecule has 329 valence electrons. The summed E-state index contributed by atoms with van der Waals surface area (Å²) in [5.41, 5.74) is 22.0. The summed E-state index contributed by atoms with van der Waals surface area (Å²) in [5.74, 6) is 0. The van der Waals surface area contributed by atoms with Crippen molar-refractivity contribution in [2.24, 2.45) is 0 Å². The van der Waals surface area contributed by atoms with Gasteiger partial charge in [0.05, 0.1) is 0 Å². The van der Waals surface area contributed by atoms with E-state index in [4.69, 9.17) is 17.0 Å². The van der Waals surface area contributed by atoms with Crippen LogP contribution < -0.4 is 0 Å². The van der Waals surface area contributed by atoms with Gasteiger partial charge in [-0.3, -0.25) is 0 Å². The van der Waals surface area contributed by atoms with Gasteiger partial charge in [-0.2, -0.15) is 0 Å². The second-order valence-corrected chi connectivity index (χ2v) is 46.2. The molecule has 0 heterocycles. The van der Waals surface area contributed by atoms with Crippen LogP contribution in [0.1, 0.15) is 205 Å². The van der Waals surface area contributed by atoms with E-state index in [-0.39, 0.29) is 28.9 Å². The topological polar surface area (TPSA) is 0 Å². The summed E-state index contributed by atoms with van der Waals surface area (Å²) in [6.45, 7) is 39.7. The fraction of sp³-hybridized carbons (Fsp3) is 0.517. The zero-order valence-corrected chi connectivity index (χ0v) is 45.3. The molecule has 0 radical (unpaired) electrons. The number of allylic oxidation sites excluding steroid dienone is 2. The summed E-state index contributed by atoms with van der Waals surface area (Å²) in [5, 5.41) is 0. The van der Waals surface area contributed by atoms with Gasteiger partial charge in [0.2, 0.25) is 0 Å². The van der Waals surface area contributed by atoms with Crippen molar-refractivity contribution in [2.75, 3.05) is 0 Å². The van der Waals surface area contributed by atoms with Gasteiger partial charge in [-0.25, -0.2) is 0 Å². The van der Waals surface area contributed by atoms with Gasteiger partial charge in [-0.05, 0) is 0 Å². The first-order chi connectivity index (χ1) is 28.1. The van der Waals surface area contributed by atoms with Crippen molar-refractivity contribution in [3.63, 3.8) is 0 Å². The number of rotatable bonds is 11. The van der Waals surface area contributed by atoms with Crippen LogP contribution in [0.25, 0.3) is 34.4 Å². The quantitative estimate of drug-likeness (QED) is 0.141. The van der Waals surface area contributed by atoms with Crippen LogP contribution in [0, 0.1) is 13.8 Å². The maximum absolute atomic E-state index is 8.97. The Bertz CT molecular complexity index is 2150. The molecule has 2 aliphatic rings. The van der Waals surface area contributed by atoms with Gasteiger partial charge in [0.1, 0.15) is 0 Å². The molecule has 2 unspecified atom stereocenters. The maximum atomic E-state index is 8.97. The minimum absolute atomic E-state index is 0.0227. The first kappa shape index (κ1) is 48.3. The average molecular weight is 938 g/mol. The predicted octanol–water partition coefficient (Wildman–Crippen LogP) is 19.2. The van der Waals surface area contributed by atoms with Crippen molar-refractivity contribution in [1.82, 2.24) is 0 Å². The second-order valence-electron chi connectivity index (χ2n) is 23.3. The third-order valence-corrected chi connectivity index (χ3v) is 35.1. The van der Waals surface area contributed by atoms with Crippen LogP contribution in [0.15, 0.2) is 71.8 Å². The third kappa shape index (κ3) is 9.22. The molecule has 0 spiro atoms. The van der Waals surface area contributed by atoms with Crippen LogP contribution >= 0.6 is 17.0 Å². The SMILES string of the molecule is CCCCC1=Cc2c(-c3cc(C(C)(C)C)cc(C(C)(C)C)c3)ccc(C)c2[CH]1[Zr]([Cl])([Cl])([CH2]C)[CH]1C(CCCC)=Cc2c(-c3cc(C(C)(C)C)cc(C(C)(C)C)c3)ccc(C)c21. The molecule has 4 aromatic carbocycles. The van der Waals surface area contributed by atoms with Crippen molar-refractivity contribution in [1.29, 1.82) is 0 Å². The molecule has 3 heteroatoms. The summed E-state index contributed by atoms with van der Waals surface area (Å²) in [6.07, 6.45) is 11.7. The fourth-order valence-corrected chi connectivity index (χ4v) is 28.7. The molecule has 4 aromatic rings. The van der Waals surface area contributed by atoms with E-state index in [1.54, 1.807) is 0 Å². The van der Waals surface area contributed by atoms with Crippen molar-refractivity contribution < 1.29 is 16.4 Å². The van der Waals surface area contributed by atoms with Gasteiger partial charge >= 0.3 is 385 Å². The van der Waals surface area contributed by atoms with Crippen molar-refractivity contribution in [3.05, 3.63) is 127 Å². The Labute approximate surface area is 381 Å². The zero-order valence-electron chi connectivity index (χ0n) is 41.3. The number of unbranched alkanes of at least 4 members (excludes halogenated alkanes) is 2. The van der Waals surface area contributed by atoms with Gasteiger partial charge in [-0.1, -0.05) is 0 Å². The number of fused-ring (bicyclic) bond motifs is 2. The summed E-state index contributed by atoms with van der Waals surface area (Å²) < 4.78 is 0.884. The van der Waals surface area contributed by atoms with Gasteiger partial charge in [-0.15, -0.1) is 0 Å². The number of halogens is 2. The summed E-state index contributed by atoms with van der Waals surface area (Å²) in [4.78, 5) is 0. The van der Waals surface area contributed by atoms with Crippen LogP contribution in [-0.4, -0.2) is 0 Å². The van der Waals surface area contributed by atoms with Crippen LogP contribution in [0.3, 0.4) is 0 Å². The Morgan fingerprint density at radius 3 is 1.05 bits per heavy atom. The third-order valence-electron chi connectivity index (χ3n) is 14.4. The van der Waals surface area contributed by atoms with E-state index in [2.05, 4.69) is 191 Å². The van der Waals surface area contributed by atoms with E-state index in [0.29, 0.717) is 0 Å². The molecular formula is C58H79Cl2Zr. The Hall–Kier alpha value is -2.18. The number of benzene rings is 4. The standard InChI is InChI=1S/2C28H37.C2H5.2ClH.Zr/c2*1-9-10-11-20-14-25-19(2)12-13-24(26(25)15-20)21-16-22(27(3,4)5)18-23(17-21)28(6,7)8;1-2;;;/h2*12-18H,9-11H2,1-8H3;1H2,2H3;2*1H;/q;;;;;+2/p-2. The molecule has 0 bridgehead atoms. The van der Waals surface area contributed by atoms with E-state index in [9.17, 15) is 0 Å². The first-order valence-electron chi connectivity index (χ1n) is 23.7. The molecule has 2 atom stereocenters. The predicted molar refractivity (Wildman–Crippen MR) is 271 cm³/mol. The zero-order chi connectivity index (χ0) is 45.3. The van der Waals surface area contributed by atoms with E-state index in [1.165, 1.54) is 89.0 Å². The molecule has 2 aliphatic carbocycles. The van der Waals surface area contributed by atoms with E-state index < -0.39 is 16.4 Å². The van der Waals surface area contributed by atoms with Crippen molar-refractivity contribution in [3.8, 4) is 22.3 Å². The van der Waals surface area contributed by atoms with Crippen LogP contribution in [0.2, 0.25) is 4.13 Å². The summed E-state index contributed by atoms with van der Waals surface area (Å²) in [7, 11) is 17.9. The van der Waals surface area contributed by atoms with Gasteiger partial charge in [0, 0.05) is 0 Å². The van der Waals surface area contributed by atoms with E-state index in [0.717, 1.165) is 42.7 Å². The summed E-state index contributed by atoms with van der Waals surface area (Å²) >= 11 is -5.11. The normalized spacial score (nSPS) is 17.8. The Balaban J connectivity index is 1.65. The van der Waals surface area contributed by atoms with Gasteiger partial charge in [0.15, 0.2) is 0 Å². The average Bonchev–Trinajstić information content (AvgIpc) is 3.77. The van der Waals surface area contributed by atoms with Crippen molar-refractivity contribution in [2.45, 2.75) is 189 Å². The fourth-order valence-electron chi connectivity index (χ4n) is 10.4. The van der Waals surface area contributed by atoms with Crippen molar-refractivity contribution >= 4 is 29.2 Å². The summed E-state index contributed by atoms with van der Waals surface area (Å²) in [6, 6.07) is 24.3. The van der Waals surface area contributed by atoms with E-state index in [1.807, 2.05) is 0 Å². The molecule has 6 rings (SSSR count). The second kappa shape index (κ2) is 17.0. The molecule has 0 N–H and O–H groups in total. The first-order valence-corrected chi connectivity index (χ1v) is 34.6. The molecule has 0 nitrogen and oxygen atoms in total. The Morgan fingerprint density at radius 2 is 0.787 bits per heavy atom. The number of aryl methyl sites for hydroxylation is 2. The molecule has 0 fully saturated rings. The van der Waals surface area contributed by atoms with Crippen LogP contribution in [-0.2, 0) is 38.1 Å². The molecule has 0 saturated carbocycles. The van der Waals surface area contributed by atoms with Crippen LogP contribution in [0.5, 0.6) is 0 Å². The Kier molecular flexibility index (Phi) is 13.4. The van der Waals surface area contributed by atoms with Gasteiger partial charge < -0.3 is 0 Å². The Morgan fingerprint density at radius 1 is 0.475 bits per heavy atom. The molecule has 0 amide bonds. The monoisotopic (exact) mass is 935 g/mol. The van der Waals surface area contributed by atoms with Gasteiger partial charge in [0.25, 0.3) is 0 Å². The number of hydrogen-bond donors (Lipinski definition) is 0. The number of hydrogen-bond acceptors (Lipinski definition) is 0.